The summed E-state index contributed by atoms with van der Waals surface area (Å²) in [5, 5.41) is 0. The van der Waals surface area contributed by atoms with Gasteiger partial charge in [-0.05, 0) is 86.1 Å². The third kappa shape index (κ3) is 24.5. The van der Waals surface area contributed by atoms with Crippen LogP contribution in [0.2, 0.25) is 0 Å². The second kappa shape index (κ2) is 37.9. The Morgan fingerprint density at radius 2 is 0.621 bits per heavy atom. The average Bonchev–Trinajstić information content (AvgIpc) is 3.34. The maximum absolute atomic E-state index is 6.65. The second-order valence-electron chi connectivity index (χ2n) is 18.6. The summed E-state index contributed by atoms with van der Waals surface area (Å²) in [5.41, 5.74) is 7.19. The number of unbranched alkanes of at least 4 members (excludes halogenated alkanes) is 18. The molecule has 0 aliphatic rings. The molecule has 3 aromatic rings. The van der Waals surface area contributed by atoms with Crippen LogP contribution in [-0.2, 0) is 0 Å². The molecule has 66 heavy (non-hydrogen) atoms. The van der Waals surface area contributed by atoms with Gasteiger partial charge in [-0.1, -0.05) is 230 Å². The van der Waals surface area contributed by atoms with Gasteiger partial charge < -0.3 is 19.3 Å². The van der Waals surface area contributed by atoms with E-state index in [2.05, 4.69) is 161 Å². The average molecular weight is 901 g/mol. The van der Waals surface area contributed by atoms with E-state index >= 15 is 0 Å². The van der Waals surface area contributed by atoms with Crippen molar-refractivity contribution in [3.63, 3.8) is 0 Å². The van der Waals surface area contributed by atoms with Crippen LogP contribution >= 0.6 is 0 Å². The van der Waals surface area contributed by atoms with Crippen molar-refractivity contribution in [3.8, 4) is 11.5 Å². The number of hydrogen-bond acceptors (Lipinski definition) is 4. The number of hydrogen-bond donors (Lipinski definition) is 0. The van der Waals surface area contributed by atoms with Crippen LogP contribution in [0.1, 0.15) is 218 Å². The molecule has 0 aromatic heterocycles. The normalized spacial score (nSPS) is 11.8. The molecule has 0 fully saturated rings. The molecular weight excluding hydrogens is 805 g/mol. The van der Waals surface area contributed by atoms with Crippen molar-refractivity contribution in [2.75, 3.05) is 49.2 Å². The molecule has 0 saturated carbocycles. The first-order valence-corrected chi connectivity index (χ1v) is 27.4. The Hall–Kier alpha value is -4.18. The fourth-order valence-corrected chi connectivity index (χ4v) is 8.32. The van der Waals surface area contributed by atoms with Crippen molar-refractivity contribution in [3.05, 3.63) is 107 Å². The number of ether oxygens (including phenoxy) is 2. The Bertz CT molecular complexity index is 1590. The fraction of sp³-hybridized carbons (Fsp3) is 0.581. The summed E-state index contributed by atoms with van der Waals surface area (Å²) < 4.78 is 13.3. The van der Waals surface area contributed by atoms with Gasteiger partial charge in [0.1, 0.15) is 11.5 Å². The van der Waals surface area contributed by atoms with Crippen molar-refractivity contribution in [1.82, 2.24) is 0 Å². The zero-order valence-electron chi connectivity index (χ0n) is 43.3. The minimum Gasteiger partial charge on any atom is -0.493 e. The first-order valence-electron chi connectivity index (χ1n) is 27.4. The molecule has 0 aliphatic heterocycles. The quantitative estimate of drug-likeness (QED) is 0.0419. The van der Waals surface area contributed by atoms with Crippen LogP contribution < -0.4 is 19.3 Å². The Kier molecular flexibility index (Phi) is 32.2. The summed E-state index contributed by atoms with van der Waals surface area (Å²) in [6.07, 6.45) is 47.7. The van der Waals surface area contributed by atoms with E-state index in [0.717, 1.165) is 74.9 Å². The lowest BCUT2D eigenvalue weighted by Gasteiger charge is -2.24. The lowest BCUT2D eigenvalue weighted by molar-refractivity contribution is 0.295. The first-order chi connectivity index (χ1) is 32.6. The molecule has 0 saturated heterocycles. The highest BCUT2D eigenvalue weighted by atomic mass is 16.5. The number of allylic oxidation sites excluding steroid dienone is 4. The van der Waals surface area contributed by atoms with Crippen LogP contribution in [0.3, 0.4) is 0 Å². The molecule has 0 unspecified atom stereocenters. The largest absolute Gasteiger partial charge is 0.493 e. The Balaban J connectivity index is 1.85. The molecule has 3 aromatic carbocycles. The summed E-state index contributed by atoms with van der Waals surface area (Å²) in [7, 11) is 0. The molecule has 0 amide bonds. The van der Waals surface area contributed by atoms with Gasteiger partial charge >= 0.3 is 0 Å². The van der Waals surface area contributed by atoms with E-state index in [1.54, 1.807) is 0 Å². The smallest absolute Gasteiger partial charge is 0.127 e. The highest BCUT2D eigenvalue weighted by Crippen LogP contribution is 2.32. The van der Waals surface area contributed by atoms with Crippen molar-refractivity contribution in [2.45, 2.75) is 196 Å². The van der Waals surface area contributed by atoms with Crippen LogP contribution in [0.15, 0.2) is 85.0 Å². The van der Waals surface area contributed by atoms with E-state index in [4.69, 9.17) is 9.47 Å². The number of rotatable bonds is 40. The Morgan fingerprint density at radius 1 is 0.333 bits per heavy atom. The van der Waals surface area contributed by atoms with E-state index < -0.39 is 0 Å². The SMILES string of the molecule is CCCCCCCCCCOc1cc(/C=C/C=C/c2ccc(N(CCCC)CCCC)cc2)c(OCCCCCCCCCC)cc1/C=C/C=C/c1ccc(N(CCCC)CCCC)cc1. The molecule has 0 spiro atoms. The van der Waals surface area contributed by atoms with Crippen molar-refractivity contribution in [1.29, 1.82) is 0 Å². The van der Waals surface area contributed by atoms with Crippen LogP contribution in [0.25, 0.3) is 24.3 Å². The van der Waals surface area contributed by atoms with Gasteiger partial charge in [-0.3, -0.25) is 0 Å². The summed E-state index contributed by atoms with van der Waals surface area (Å²) >= 11 is 0. The monoisotopic (exact) mass is 901 g/mol. The number of anilines is 2. The number of nitrogens with zero attached hydrogens (tertiary/aromatic N) is 2. The van der Waals surface area contributed by atoms with Crippen molar-refractivity contribution >= 4 is 35.7 Å². The topological polar surface area (TPSA) is 24.9 Å². The van der Waals surface area contributed by atoms with Crippen molar-refractivity contribution in [2.24, 2.45) is 0 Å². The molecule has 3 rings (SSSR count). The lowest BCUT2D eigenvalue weighted by Crippen LogP contribution is -2.25. The van der Waals surface area contributed by atoms with Gasteiger partial charge in [-0.15, -0.1) is 0 Å². The predicted octanol–water partition coefficient (Wildman–Crippen LogP) is 19.0. The minimum absolute atomic E-state index is 0.720. The zero-order valence-corrected chi connectivity index (χ0v) is 43.3. The molecule has 0 bridgehead atoms. The van der Waals surface area contributed by atoms with E-state index in [9.17, 15) is 0 Å². The molecule has 366 valence electrons. The minimum atomic E-state index is 0.720. The highest BCUT2D eigenvalue weighted by molar-refractivity contribution is 5.70. The second-order valence-corrected chi connectivity index (χ2v) is 18.6. The van der Waals surface area contributed by atoms with Gasteiger partial charge in [0.15, 0.2) is 0 Å². The van der Waals surface area contributed by atoms with Crippen LogP contribution in [0, 0.1) is 0 Å². The number of benzene rings is 3. The van der Waals surface area contributed by atoms with Crippen molar-refractivity contribution < 1.29 is 9.47 Å². The first kappa shape index (κ1) is 56.1. The molecule has 0 radical (unpaired) electrons. The predicted molar refractivity (Wildman–Crippen MR) is 296 cm³/mol. The summed E-state index contributed by atoms with van der Waals surface area (Å²) in [4.78, 5) is 5.10. The molecule has 0 N–H and O–H groups in total. The summed E-state index contributed by atoms with van der Waals surface area (Å²) in [6.45, 7) is 19.6. The maximum Gasteiger partial charge on any atom is 0.127 e. The van der Waals surface area contributed by atoms with E-state index in [0.29, 0.717) is 0 Å². The molecule has 0 atom stereocenters. The van der Waals surface area contributed by atoms with E-state index in [1.165, 1.54) is 164 Å². The Labute approximate surface area is 407 Å². The van der Waals surface area contributed by atoms with Gasteiger partial charge in [-0.2, -0.15) is 0 Å². The zero-order chi connectivity index (χ0) is 47.1. The van der Waals surface area contributed by atoms with E-state index in [1.807, 2.05) is 0 Å². The molecular formula is C62H96N2O2. The van der Waals surface area contributed by atoms with Gasteiger partial charge in [0, 0.05) is 48.7 Å². The van der Waals surface area contributed by atoms with Crippen LogP contribution in [0.5, 0.6) is 11.5 Å². The molecule has 4 heteroatoms. The maximum atomic E-state index is 6.65. The third-order valence-electron chi connectivity index (χ3n) is 12.6. The molecule has 0 aliphatic carbocycles. The highest BCUT2D eigenvalue weighted by Gasteiger charge is 2.11. The van der Waals surface area contributed by atoms with Crippen LogP contribution in [-0.4, -0.2) is 39.4 Å². The van der Waals surface area contributed by atoms with Gasteiger partial charge in [0.2, 0.25) is 0 Å². The molecule has 0 heterocycles. The Morgan fingerprint density at radius 3 is 0.939 bits per heavy atom. The standard InChI is InChI=1S/C62H96N2O2/c1-7-13-19-21-23-25-27-33-51-65-61-53-58(38-32-30-36-56-41-45-60(46-42-56)64(49-17-11-5)50-18-12-6)62(66-52-34-28-26-24-22-20-14-8-2)54-57(61)37-31-29-35-55-39-43-59(44-40-55)63(47-15-9-3)48-16-10-4/h29-32,35-46,53-54H,7-28,33-34,47-52H2,1-6H3/b35-29+,36-30+,37-31+,38-32+. The van der Waals surface area contributed by atoms with Crippen LogP contribution in [0.4, 0.5) is 11.4 Å². The summed E-state index contributed by atoms with van der Waals surface area (Å²) in [5.74, 6) is 1.83. The fourth-order valence-electron chi connectivity index (χ4n) is 8.32. The van der Waals surface area contributed by atoms with Gasteiger partial charge in [0.05, 0.1) is 13.2 Å². The molecule has 4 nitrogen and oxygen atoms in total. The third-order valence-corrected chi connectivity index (χ3v) is 12.6. The van der Waals surface area contributed by atoms with Gasteiger partial charge in [-0.25, -0.2) is 0 Å². The van der Waals surface area contributed by atoms with E-state index in [-0.39, 0.29) is 0 Å². The lowest BCUT2D eigenvalue weighted by atomic mass is 10.1. The summed E-state index contributed by atoms with van der Waals surface area (Å²) in [6, 6.07) is 22.6. The van der Waals surface area contributed by atoms with Gasteiger partial charge in [0.25, 0.3) is 0 Å².